The first-order chi connectivity index (χ1) is 11.5. The highest BCUT2D eigenvalue weighted by Crippen LogP contribution is 2.14. The van der Waals surface area contributed by atoms with E-state index in [0.717, 1.165) is 11.4 Å². The number of carbonyl (C=O) groups is 1. The number of rotatable bonds is 5. The van der Waals surface area contributed by atoms with Crippen LogP contribution in [-0.4, -0.2) is 37.1 Å². The predicted molar refractivity (Wildman–Crippen MR) is 95.9 cm³/mol. The van der Waals surface area contributed by atoms with Gasteiger partial charge in [0, 0.05) is 5.69 Å². The third-order valence-corrected chi connectivity index (χ3v) is 3.20. The predicted octanol–water partition coefficient (Wildman–Crippen LogP) is 1.98. The van der Waals surface area contributed by atoms with Gasteiger partial charge in [-0.05, 0) is 62.7 Å². The van der Waals surface area contributed by atoms with Gasteiger partial charge in [-0.25, -0.2) is 0 Å². The summed E-state index contributed by atoms with van der Waals surface area (Å²) < 4.78 is 10.5. The number of nitrogens with zero attached hydrogens (tertiary/aromatic N) is 1. The van der Waals surface area contributed by atoms with Crippen LogP contribution in [-0.2, 0) is 6.54 Å². The van der Waals surface area contributed by atoms with E-state index in [2.05, 4.69) is 16.2 Å². The van der Waals surface area contributed by atoms with E-state index in [1.807, 2.05) is 31.1 Å². The Labute approximate surface area is 145 Å². The number of hydrazine groups is 1. The monoisotopic (exact) mass is 348 g/mol. The Bertz CT molecular complexity index is 698. The van der Waals surface area contributed by atoms with Crippen molar-refractivity contribution in [2.45, 2.75) is 6.54 Å². The van der Waals surface area contributed by atoms with Gasteiger partial charge in [-0.3, -0.25) is 15.6 Å². The van der Waals surface area contributed by atoms with Crippen molar-refractivity contribution in [3.8, 4) is 5.75 Å². The molecule has 0 saturated heterocycles. The van der Waals surface area contributed by atoms with E-state index in [0.29, 0.717) is 12.3 Å². The summed E-state index contributed by atoms with van der Waals surface area (Å²) in [6, 6.07) is 10.6. The minimum atomic E-state index is -0.404. The standard InChI is InChI=1S/C16H20N4O3S/c1-20(2)10-13-8-9-14(23-13)15(21)18-19-16(24)17-11-4-6-12(22-3)7-5-11/h4-9H,10H2,1-3H3,(H,18,21)(H2,17,19,24). The maximum absolute atomic E-state index is 12.0. The lowest BCUT2D eigenvalue weighted by Crippen LogP contribution is -2.43. The molecule has 0 aliphatic rings. The molecule has 2 aromatic rings. The third kappa shape index (κ3) is 5.25. The topological polar surface area (TPSA) is 78.8 Å². The van der Waals surface area contributed by atoms with E-state index < -0.39 is 5.91 Å². The van der Waals surface area contributed by atoms with Crippen LogP contribution in [0.3, 0.4) is 0 Å². The Hall–Kier alpha value is -2.58. The molecule has 0 aliphatic carbocycles. The van der Waals surface area contributed by atoms with E-state index in [1.165, 1.54) is 0 Å². The van der Waals surface area contributed by atoms with Crippen LogP contribution in [0.2, 0.25) is 0 Å². The van der Waals surface area contributed by atoms with Crippen molar-refractivity contribution in [3.63, 3.8) is 0 Å². The lowest BCUT2D eigenvalue weighted by Gasteiger charge is -2.11. The first kappa shape index (κ1) is 17.8. The SMILES string of the molecule is COc1ccc(NC(=S)NNC(=O)c2ccc(CN(C)C)o2)cc1. The number of thiocarbonyl (C=S) groups is 1. The molecule has 1 amide bonds. The third-order valence-electron chi connectivity index (χ3n) is 2.99. The molecule has 0 fully saturated rings. The van der Waals surface area contributed by atoms with Crippen molar-refractivity contribution < 1.29 is 13.9 Å². The molecule has 1 heterocycles. The number of methoxy groups -OCH3 is 1. The number of hydrogen-bond acceptors (Lipinski definition) is 5. The zero-order chi connectivity index (χ0) is 17.5. The summed E-state index contributed by atoms with van der Waals surface area (Å²) in [5, 5.41) is 3.20. The number of benzene rings is 1. The lowest BCUT2D eigenvalue weighted by molar-refractivity contribution is 0.0913. The number of anilines is 1. The van der Waals surface area contributed by atoms with E-state index >= 15 is 0 Å². The fourth-order valence-corrected chi connectivity index (χ4v) is 2.08. The number of nitrogens with one attached hydrogen (secondary N) is 3. The summed E-state index contributed by atoms with van der Waals surface area (Å²) in [5.41, 5.74) is 5.88. The average molecular weight is 348 g/mol. The van der Waals surface area contributed by atoms with Gasteiger partial charge in [-0.2, -0.15) is 0 Å². The van der Waals surface area contributed by atoms with E-state index in [-0.39, 0.29) is 10.9 Å². The van der Waals surface area contributed by atoms with Crippen molar-refractivity contribution in [2.75, 3.05) is 26.5 Å². The zero-order valence-corrected chi connectivity index (χ0v) is 14.6. The molecule has 1 aromatic heterocycles. The van der Waals surface area contributed by atoms with Crippen molar-refractivity contribution in [1.82, 2.24) is 15.8 Å². The quantitative estimate of drug-likeness (QED) is 0.563. The number of furan rings is 1. The molecule has 3 N–H and O–H groups in total. The fraction of sp³-hybridized carbons (Fsp3) is 0.250. The van der Waals surface area contributed by atoms with Gasteiger partial charge in [0.1, 0.15) is 11.5 Å². The first-order valence-corrected chi connectivity index (χ1v) is 7.63. The van der Waals surface area contributed by atoms with Gasteiger partial charge in [0.2, 0.25) is 0 Å². The van der Waals surface area contributed by atoms with Gasteiger partial charge in [0.25, 0.3) is 0 Å². The van der Waals surface area contributed by atoms with Crippen LogP contribution < -0.4 is 20.9 Å². The highest BCUT2D eigenvalue weighted by molar-refractivity contribution is 7.80. The minimum Gasteiger partial charge on any atom is -0.497 e. The van der Waals surface area contributed by atoms with Crippen molar-refractivity contribution in [1.29, 1.82) is 0 Å². The van der Waals surface area contributed by atoms with Gasteiger partial charge in [-0.1, -0.05) is 0 Å². The van der Waals surface area contributed by atoms with Gasteiger partial charge < -0.3 is 19.4 Å². The summed E-state index contributed by atoms with van der Waals surface area (Å²) in [6.45, 7) is 0.623. The smallest absolute Gasteiger partial charge is 0.305 e. The summed E-state index contributed by atoms with van der Waals surface area (Å²) in [5.74, 6) is 1.27. The average Bonchev–Trinajstić information content (AvgIpc) is 3.01. The van der Waals surface area contributed by atoms with Crippen LogP contribution in [0.15, 0.2) is 40.8 Å². The van der Waals surface area contributed by atoms with Gasteiger partial charge >= 0.3 is 5.91 Å². The molecule has 0 radical (unpaired) electrons. The summed E-state index contributed by atoms with van der Waals surface area (Å²) >= 11 is 5.12. The maximum Gasteiger partial charge on any atom is 0.305 e. The molecule has 0 saturated carbocycles. The highest BCUT2D eigenvalue weighted by atomic mass is 32.1. The summed E-state index contributed by atoms with van der Waals surface area (Å²) in [4.78, 5) is 14.0. The molecule has 24 heavy (non-hydrogen) atoms. The molecule has 0 spiro atoms. The van der Waals surface area contributed by atoms with Crippen LogP contribution >= 0.6 is 12.2 Å². The highest BCUT2D eigenvalue weighted by Gasteiger charge is 2.11. The molecule has 0 atom stereocenters. The molecular formula is C16H20N4O3S. The van der Waals surface area contributed by atoms with Crippen LogP contribution in [0.4, 0.5) is 5.69 Å². The lowest BCUT2D eigenvalue weighted by atomic mass is 10.3. The number of hydrogen-bond donors (Lipinski definition) is 3. The van der Waals surface area contributed by atoms with Crippen molar-refractivity contribution in [3.05, 3.63) is 47.9 Å². The Morgan fingerprint density at radius 2 is 1.88 bits per heavy atom. The number of amides is 1. The normalized spacial score (nSPS) is 10.3. The molecule has 1 aromatic carbocycles. The molecule has 0 bridgehead atoms. The Balaban J connectivity index is 1.82. The van der Waals surface area contributed by atoms with Crippen molar-refractivity contribution in [2.24, 2.45) is 0 Å². The van der Waals surface area contributed by atoms with Crippen LogP contribution in [0, 0.1) is 0 Å². The second-order valence-corrected chi connectivity index (χ2v) is 5.67. The molecular weight excluding hydrogens is 328 g/mol. The molecule has 0 unspecified atom stereocenters. The molecule has 8 heteroatoms. The molecule has 128 valence electrons. The maximum atomic E-state index is 12.0. The van der Waals surface area contributed by atoms with Crippen molar-refractivity contribution >= 4 is 28.9 Å². The van der Waals surface area contributed by atoms with Gasteiger partial charge in [0.05, 0.1) is 13.7 Å². The summed E-state index contributed by atoms with van der Waals surface area (Å²) in [6.07, 6.45) is 0. The van der Waals surface area contributed by atoms with Crippen LogP contribution in [0.1, 0.15) is 16.3 Å². The fourth-order valence-electron chi connectivity index (χ4n) is 1.91. The Morgan fingerprint density at radius 1 is 1.17 bits per heavy atom. The molecule has 0 aliphatic heterocycles. The van der Waals surface area contributed by atoms with E-state index in [4.69, 9.17) is 21.4 Å². The van der Waals surface area contributed by atoms with E-state index in [9.17, 15) is 4.79 Å². The number of ether oxygens (including phenoxy) is 1. The number of carbonyl (C=O) groups excluding carboxylic acids is 1. The van der Waals surface area contributed by atoms with Gasteiger partial charge in [0.15, 0.2) is 10.9 Å². The summed E-state index contributed by atoms with van der Waals surface area (Å²) in [7, 11) is 5.45. The molecule has 7 nitrogen and oxygen atoms in total. The minimum absolute atomic E-state index is 0.214. The molecule has 2 rings (SSSR count). The van der Waals surface area contributed by atoms with E-state index in [1.54, 1.807) is 31.4 Å². The van der Waals surface area contributed by atoms with Crippen LogP contribution in [0.5, 0.6) is 5.75 Å². The second kappa shape index (κ2) is 8.32. The second-order valence-electron chi connectivity index (χ2n) is 5.27. The largest absolute Gasteiger partial charge is 0.497 e. The zero-order valence-electron chi connectivity index (χ0n) is 13.8. The van der Waals surface area contributed by atoms with Crippen LogP contribution in [0.25, 0.3) is 0 Å². The Kier molecular flexibility index (Phi) is 6.16. The van der Waals surface area contributed by atoms with Gasteiger partial charge in [-0.15, -0.1) is 0 Å². The first-order valence-electron chi connectivity index (χ1n) is 7.23. The Morgan fingerprint density at radius 3 is 2.50 bits per heavy atom.